The number of primary amides is 1. The number of carbonyl (C=O) groups excluding carboxylic acids is 1. The van der Waals surface area contributed by atoms with E-state index in [2.05, 4.69) is 28.2 Å². The van der Waals surface area contributed by atoms with E-state index in [1.165, 1.54) is 11.3 Å². The monoisotopic (exact) mass is 468 g/mol. The van der Waals surface area contributed by atoms with Crippen LogP contribution in [0.25, 0.3) is 10.2 Å². The fourth-order valence-corrected chi connectivity index (χ4v) is 5.37. The zero-order chi connectivity index (χ0) is 23.5. The molecule has 0 radical (unpaired) electrons. The molecular weight excluding hydrogens is 436 g/mol. The topological polar surface area (TPSA) is 130 Å². The lowest BCUT2D eigenvalue weighted by Crippen LogP contribution is -2.44. The number of rotatable bonds is 8. The van der Waals surface area contributed by atoms with Crippen LogP contribution in [-0.4, -0.2) is 46.7 Å². The molecule has 3 aromatic rings. The van der Waals surface area contributed by atoms with Crippen molar-refractivity contribution in [1.82, 2.24) is 15.3 Å². The summed E-state index contributed by atoms with van der Waals surface area (Å²) in [7, 11) is 0. The highest BCUT2D eigenvalue weighted by molar-refractivity contribution is 7.21. The van der Waals surface area contributed by atoms with Gasteiger partial charge in [0.25, 0.3) is 5.91 Å². The molecule has 1 saturated heterocycles. The molecule has 1 atom stereocenters. The molecule has 4 rings (SSSR count). The number of aryl methyl sites for hydroxylation is 2. The number of aliphatic hydroxyl groups is 1. The van der Waals surface area contributed by atoms with Gasteiger partial charge in [-0.25, -0.2) is 4.98 Å². The smallest absolute Gasteiger partial charge is 0.260 e. The fraction of sp³-hybridized carbons (Fsp3) is 0.458. The number of piperidine rings is 1. The van der Waals surface area contributed by atoms with Crippen LogP contribution in [-0.2, 0) is 6.42 Å². The molecular formula is C24H32N6O2S. The van der Waals surface area contributed by atoms with Gasteiger partial charge >= 0.3 is 0 Å². The fourth-order valence-electron chi connectivity index (χ4n) is 4.38. The van der Waals surface area contributed by atoms with E-state index >= 15 is 0 Å². The molecule has 9 heteroatoms. The Morgan fingerprint density at radius 2 is 2.12 bits per heavy atom. The molecule has 0 aromatic carbocycles. The first-order valence-corrected chi connectivity index (χ1v) is 12.3. The van der Waals surface area contributed by atoms with Crippen molar-refractivity contribution in [3.8, 4) is 0 Å². The summed E-state index contributed by atoms with van der Waals surface area (Å²) in [6.45, 7) is 6.30. The first kappa shape index (κ1) is 23.4. The molecule has 1 aliphatic rings. The minimum Gasteiger partial charge on any atom is -0.397 e. The molecule has 1 amide bonds. The average Bonchev–Trinajstić information content (AvgIpc) is 3.15. The number of carbonyl (C=O) groups is 1. The molecule has 8 nitrogen and oxygen atoms in total. The van der Waals surface area contributed by atoms with Gasteiger partial charge in [0.15, 0.2) is 0 Å². The van der Waals surface area contributed by atoms with Gasteiger partial charge in [0.05, 0.1) is 11.8 Å². The van der Waals surface area contributed by atoms with E-state index in [9.17, 15) is 9.90 Å². The van der Waals surface area contributed by atoms with E-state index in [1.54, 1.807) is 6.20 Å². The van der Waals surface area contributed by atoms with E-state index < -0.39 is 12.0 Å². The molecule has 0 saturated carbocycles. The molecule has 0 aliphatic carbocycles. The van der Waals surface area contributed by atoms with Crippen molar-refractivity contribution in [3.05, 3.63) is 46.1 Å². The molecule has 33 heavy (non-hydrogen) atoms. The van der Waals surface area contributed by atoms with Crippen molar-refractivity contribution in [3.63, 3.8) is 0 Å². The number of anilines is 2. The third kappa shape index (κ3) is 5.10. The van der Waals surface area contributed by atoms with Gasteiger partial charge in [-0.05, 0) is 43.9 Å². The summed E-state index contributed by atoms with van der Waals surface area (Å²) in [5.74, 6) is 0.419. The Morgan fingerprint density at radius 1 is 1.36 bits per heavy atom. The Balaban J connectivity index is 1.42. The number of nitrogens with two attached hydrogens (primary N) is 2. The third-order valence-corrected chi connectivity index (χ3v) is 7.36. The first-order valence-electron chi connectivity index (χ1n) is 11.5. The molecule has 3 aromatic heterocycles. The predicted octanol–water partition coefficient (Wildman–Crippen LogP) is 2.93. The second kappa shape index (κ2) is 10.0. The maximum atomic E-state index is 11.8. The summed E-state index contributed by atoms with van der Waals surface area (Å²) in [4.78, 5) is 24.3. The van der Waals surface area contributed by atoms with Crippen LogP contribution < -0.4 is 21.7 Å². The summed E-state index contributed by atoms with van der Waals surface area (Å²) >= 11 is 1.28. The number of amides is 1. The number of hydrogen-bond acceptors (Lipinski definition) is 8. The lowest BCUT2D eigenvalue weighted by Gasteiger charge is -2.34. The van der Waals surface area contributed by atoms with Crippen molar-refractivity contribution < 1.29 is 9.90 Å². The quantitative estimate of drug-likeness (QED) is 0.400. The number of nitrogen functional groups attached to an aromatic ring is 1. The van der Waals surface area contributed by atoms with Gasteiger partial charge in [-0.2, -0.15) is 0 Å². The van der Waals surface area contributed by atoms with Crippen LogP contribution in [0, 0.1) is 6.92 Å². The van der Waals surface area contributed by atoms with Gasteiger partial charge in [-0.15, -0.1) is 11.3 Å². The Labute approximate surface area is 198 Å². The Bertz CT molecular complexity index is 1120. The van der Waals surface area contributed by atoms with Crippen molar-refractivity contribution in [2.75, 3.05) is 30.3 Å². The number of nitrogens with zero attached hydrogens (tertiary/aromatic N) is 3. The Hall–Kier alpha value is -2.75. The summed E-state index contributed by atoms with van der Waals surface area (Å²) in [5, 5.41) is 14.8. The average molecular weight is 469 g/mol. The molecule has 176 valence electrons. The zero-order valence-corrected chi connectivity index (χ0v) is 20.0. The molecule has 1 aliphatic heterocycles. The highest BCUT2D eigenvalue weighted by Gasteiger charge is 2.24. The molecule has 1 unspecified atom stereocenters. The van der Waals surface area contributed by atoms with Crippen molar-refractivity contribution in [2.45, 2.75) is 51.7 Å². The summed E-state index contributed by atoms with van der Waals surface area (Å²) in [5.41, 5.74) is 15.1. The van der Waals surface area contributed by atoms with E-state index in [1.807, 2.05) is 19.1 Å². The second-order valence-electron chi connectivity index (χ2n) is 8.70. The first-order chi connectivity index (χ1) is 15.9. The van der Waals surface area contributed by atoms with Crippen molar-refractivity contribution in [1.29, 1.82) is 0 Å². The molecule has 0 bridgehead atoms. The summed E-state index contributed by atoms with van der Waals surface area (Å²) in [6, 6.07) is 6.29. The number of aromatic nitrogens is 2. The minimum absolute atomic E-state index is 0.340. The van der Waals surface area contributed by atoms with Crippen LogP contribution in [0.3, 0.4) is 0 Å². The van der Waals surface area contributed by atoms with Crippen LogP contribution in [0.2, 0.25) is 0 Å². The highest BCUT2D eigenvalue weighted by atomic mass is 32.1. The van der Waals surface area contributed by atoms with Crippen LogP contribution in [0.1, 0.15) is 58.8 Å². The lowest BCUT2D eigenvalue weighted by molar-refractivity contribution is 0.100. The van der Waals surface area contributed by atoms with E-state index in [0.29, 0.717) is 23.2 Å². The Kier molecular flexibility index (Phi) is 7.11. The maximum absolute atomic E-state index is 11.8. The van der Waals surface area contributed by atoms with E-state index in [0.717, 1.165) is 71.6 Å². The number of fused-ring (bicyclic) bond motifs is 1. The third-order valence-electron chi connectivity index (χ3n) is 6.25. The van der Waals surface area contributed by atoms with Gasteiger partial charge in [0.2, 0.25) is 0 Å². The molecule has 6 N–H and O–H groups in total. The standard InChI is InChI=1S/C24H32N6O2S/c1-3-4-15-11-19(29-24-20(15)21(25)22(33-24)23(26)32)30-9-7-17(8-10-30)28-13-18(31)16-6-5-14(2)27-12-16/h5-6,11-12,17-18,28,31H,3-4,7-10,13,25H2,1-2H3,(H2,26,32). The van der Waals surface area contributed by atoms with Gasteiger partial charge in [0.1, 0.15) is 15.5 Å². The highest BCUT2D eigenvalue weighted by Crippen LogP contribution is 2.37. The van der Waals surface area contributed by atoms with Gasteiger partial charge in [-0.3, -0.25) is 9.78 Å². The number of hydrogen-bond donors (Lipinski definition) is 4. The normalized spacial score (nSPS) is 15.8. The van der Waals surface area contributed by atoms with Crippen molar-refractivity contribution in [2.24, 2.45) is 5.73 Å². The largest absolute Gasteiger partial charge is 0.397 e. The SMILES string of the molecule is CCCc1cc(N2CCC(NCC(O)c3ccc(C)nc3)CC2)nc2sc(C(N)=O)c(N)c12. The molecule has 4 heterocycles. The number of thiophene rings is 1. The number of aliphatic hydroxyl groups excluding tert-OH is 1. The van der Waals surface area contributed by atoms with E-state index in [4.69, 9.17) is 16.5 Å². The van der Waals surface area contributed by atoms with Crippen LogP contribution >= 0.6 is 11.3 Å². The molecule has 0 spiro atoms. The van der Waals surface area contributed by atoms with E-state index in [-0.39, 0.29) is 0 Å². The summed E-state index contributed by atoms with van der Waals surface area (Å²) < 4.78 is 0. The second-order valence-corrected chi connectivity index (χ2v) is 9.70. The van der Waals surface area contributed by atoms with Gasteiger partial charge in [-0.1, -0.05) is 19.4 Å². The van der Waals surface area contributed by atoms with Gasteiger partial charge in [0, 0.05) is 48.5 Å². The molecule has 1 fully saturated rings. The minimum atomic E-state index is -0.569. The maximum Gasteiger partial charge on any atom is 0.260 e. The predicted molar refractivity (Wildman–Crippen MR) is 134 cm³/mol. The van der Waals surface area contributed by atoms with Crippen molar-refractivity contribution >= 4 is 39.0 Å². The zero-order valence-electron chi connectivity index (χ0n) is 19.2. The number of nitrogens with one attached hydrogen (secondary N) is 1. The Morgan fingerprint density at radius 3 is 2.76 bits per heavy atom. The van der Waals surface area contributed by atoms with Crippen LogP contribution in [0.5, 0.6) is 0 Å². The van der Waals surface area contributed by atoms with Gasteiger partial charge < -0.3 is 26.8 Å². The number of pyridine rings is 2. The summed E-state index contributed by atoms with van der Waals surface area (Å²) in [6.07, 6.45) is 4.93. The van der Waals surface area contributed by atoms with Crippen LogP contribution in [0.4, 0.5) is 11.5 Å². The van der Waals surface area contributed by atoms with Crippen LogP contribution in [0.15, 0.2) is 24.4 Å². The lowest BCUT2D eigenvalue weighted by atomic mass is 10.0.